The van der Waals surface area contributed by atoms with Gasteiger partial charge in [-0.2, -0.15) is 5.10 Å². The van der Waals surface area contributed by atoms with Gasteiger partial charge in [0.25, 0.3) is 15.9 Å². The summed E-state index contributed by atoms with van der Waals surface area (Å²) in [6, 6.07) is 21.4. The molecule has 0 fully saturated rings. The highest BCUT2D eigenvalue weighted by Gasteiger charge is 2.28. The third kappa shape index (κ3) is 5.74. The SMILES string of the molecule is C/C(=N/NC(=O)CN(c1ccccc1C)S(=O)(=O)c1ccc(C)cc1)c1cccc(I)c1. The number of anilines is 1. The van der Waals surface area contributed by atoms with E-state index in [0.717, 1.165) is 24.6 Å². The normalized spacial score (nSPS) is 11.8. The minimum atomic E-state index is -3.96. The number of nitrogens with one attached hydrogen (secondary N) is 1. The summed E-state index contributed by atoms with van der Waals surface area (Å²) in [5.74, 6) is -0.533. The van der Waals surface area contributed by atoms with Crippen LogP contribution in [0.4, 0.5) is 5.69 Å². The van der Waals surface area contributed by atoms with Gasteiger partial charge in [0.2, 0.25) is 0 Å². The molecule has 8 heteroatoms. The highest BCUT2D eigenvalue weighted by atomic mass is 127. The molecule has 3 aromatic rings. The van der Waals surface area contributed by atoms with Gasteiger partial charge in [-0.3, -0.25) is 9.10 Å². The molecule has 0 aliphatic rings. The molecule has 0 unspecified atom stereocenters. The molecule has 0 aliphatic heterocycles. The lowest BCUT2D eigenvalue weighted by Crippen LogP contribution is -2.40. The van der Waals surface area contributed by atoms with Gasteiger partial charge in [0, 0.05) is 3.57 Å². The smallest absolute Gasteiger partial charge is 0.264 e. The summed E-state index contributed by atoms with van der Waals surface area (Å²) in [5.41, 5.74) is 6.13. The maximum absolute atomic E-state index is 13.4. The Bertz CT molecular complexity index is 1260. The number of halogens is 1. The van der Waals surface area contributed by atoms with Crippen LogP contribution in [0.5, 0.6) is 0 Å². The van der Waals surface area contributed by atoms with Crippen molar-refractivity contribution in [2.75, 3.05) is 10.8 Å². The molecule has 0 saturated carbocycles. The van der Waals surface area contributed by atoms with Crippen molar-refractivity contribution >= 4 is 49.9 Å². The van der Waals surface area contributed by atoms with Gasteiger partial charge in [-0.05, 0) is 84.8 Å². The third-order valence-electron chi connectivity index (χ3n) is 4.87. The summed E-state index contributed by atoms with van der Waals surface area (Å²) in [6.45, 7) is 5.08. The number of hydrogen-bond donors (Lipinski definition) is 1. The lowest BCUT2D eigenvalue weighted by Gasteiger charge is -2.25. The summed E-state index contributed by atoms with van der Waals surface area (Å²) < 4.78 is 29.1. The summed E-state index contributed by atoms with van der Waals surface area (Å²) in [7, 11) is -3.96. The minimum Gasteiger partial charge on any atom is -0.271 e. The molecule has 0 heterocycles. The molecule has 0 aromatic heterocycles. The molecule has 3 aromatic carbocycles. The average Bonchev–Trinajstić information content (AvgIpc) is 2.76. The molecule has 166 valence electrons. The number of sulfonamides is 1. The monoisotopic (exact) mass is 561 g/mol. The van der Waals surface area contributed by atoms with Gasteiger partial charge in [0.15, 0.2) is 0 Å². The molecule has 0 aliphatic carbocycles. The van der Waals surface area contributed by atoms with Crippen LogP contribution in [-0.2, 0) is 14.8 Å². The number of rotatable bonds is 7. The number of amides is 1. The largest absolute Gasteiger partial charge is 0.271 e. The molecule has 1 N–H and O–H groups in total. The van der Waals surface area contributed by atoms with Crippen molar-refractivity contribution in [3.63, 3.8) is 0 Å². The van der Waals surface area contributed by atoms with Crippen LogP contribution in [0.15, 0.2) is 82.8 Å². The van der Waals surface area contributed by atoms with Gasteiger partial charge in [0.05, 0.1) is 16.3 Å². The molecular formula is C24H24IN3O3S. The Morgan fingerprint density at radius 1 is 1.00 bits per heavy atom. The van der Waals surface area contributed by atoms with Crippen molar-refractivity contribution in [2.45, 2.75) is 25.7 Å². The number of carbonyl (C=O) groups is 1. The minimum absolute atomic E-state index is 0.123. The van der Waals surface area contributed by atoms with Gasteiger partial charge in [0.1, 0.15) is 6.54 Å². The lowest BCUT2D eigenvalue weighted by molar-refractivity contribution is -0.119. The molecule has 0 bridgehead atoms. The predicted molar refractivity (Wildman–Crippen MR) is 136 cm³/mol. The van der Waals surface area contributed by atoms with Gasteiger partial charge in [-0.1, -0.05) is 48.0 Å². The number of benzene rings is 3. The van der Waals surface area contributed by atoms with Gasteiger partial charge in [-0.25, -0.2) is 13.8 Å². The number of carbonyl (C=O) groups excluding carboxylic acids is 1. The average molecular weight is 561 g/mol. The van der Waals surface area contributed by atoms with Crippen LogP contribution in [-0.4, -0.2) is 26.6 Å². The van der Waals surface area contributed by atoms with Crippen LogP contribution in [0.3, 0.4) is 0 Å². The second-order valence-electron chi connectivity index (χ2n) is 7.35. The number of para-hydroxylation sites is 1. The second kappa shape index (κ2) is 10.3. The van der Waals surface area contributed by atoms with Crippen LogP contribution in [0.2, 0.25) is 0 Å². The van der Waals surface area contributed by atoms with Crippen molar-refractivity contribution in [2.24, 2.45) is 5.10 Å². The molecule has 3 rings (SSSR count). The highest BCUT2D eigenvalue weighted by Crippen LogP contribution is 2.26. The van der Waals surface area contributed by atoms with Crippen LogP contribution in [0, 0.1) is 17.4 Å². The fourth-order valence-corrected chi connectivity index (χ4v) is 5.10. The molecule has 0 saturated heterocycles. The van der Waals surface area contributed by atoms with Crippen LogP contribution >= 0.6 is 22.6 Å². The second-order valence-corrected chi connectivity index (χ2v) is 10.5. The Balaban J connectivity index is 1.89. The van der Waals surface area contributed by atoms with E-state index in [-0.39, 0.29) is 4.90 Å². The van der Waals surface area contributed by atoms with Crippen molar-refractivity contribution in [3.8, 4) is 0 Å². The zero-order valence-electron chi connectivity index (χ0n) is 18.0. The Morgan fingerprint density at radius 3 is 2.34 bits per heavy atom. The van der Waals surface area contributed by atoms with Crippen LogP contribution in [0.25, 0.3) is 0 Å². The van der Waals surface area contributed by atoms with Crippen molar-refractivity contribution < 1.29 is 13.2 Å². The summed E-state index contributed by atoms with van der Waals surface area (Å²) >= 11 is 2.21. The van der Waals surface area contributed by atoms with Gasteiger partial charge in [-0.15, -0.1) is 0 Å². The topological polar surface area (TPSA) is 78.8 Å². The first kappa shape index (κ1) is 23.9. The molecule has 0 atom stereocenters. The number of hydrogen-bond acceptors (Lipinski definition) is 4. The Labute approximate surface area is 202 Å². The highest BCUT2D eigenvalue weighted by molar-refractivity contribution is 14.1. The predicted octanol–water partition coefficient (Wildman–Crippen LogP) is 4.64. The molecule has 0 spiro atoms. The first-order valence-corrected chi connectivity index (χ1v) is 12.4. The van der Waals surface area contributed by atoms with Gasteiger partial charge >= 0.3 is 0 Å². The van der Waals surface area contributed by atoms with Crippen molar-refractivity contribution in [1.29, 1.82) is 0 Å². The fraction of sp³-hybridized carbons (Fsp3) is 0.167. The standard InChI is InChI=1S/C24H24IN3O3S/c1-17-11-13-22(14-12-17)32(30,31)28(23-10-5-4-7-18(23)2)16-24(29)27-26-19(3)20-8-6-9-21(25)15-20/h4-15H,16H2,1-3H3,(H,27,29)/b26-19-. The Morgan fingerprint density at radius 2 is 1.69 bits per heavy atom. The molecule has 6 nitrogen and oxygen atoms in total. The summed E-state index contributed by atoms with van der Waals surface area (Å²) in [5, 5.41) is 4.16. The van der Waals surface area contributed by atoms with E-state index in [1.807, 2.05) is 50.2 Å². The van der Waals surface area contributed by atoms with Crippen LogP contribution < -0.4 is 9.73 Å². The number of aryl methyl sites for hydroxylation is 2. The zero-order valence-corrected chi connectivity index (χ0v) is 21.0. The lowest BCUT2D eigenvalue weighted by atomic mass is 10.1. The molecule has 32 heavy (non-hydrogen) atoms. The molecular weight excluding hydrogens is 537 g/mol. The van der Waals surface area contributed by atoms with E-state index < -0.39 is 22.5 Å². The first-order chi connectivity index (χ1) is 15.2. The third-order valence-corrected chi connectivity index (χ3v) is 7.32. The zero-order chi connectivity index (χ0) is 23.3. The maximum Gasteiger partial charge on any atom is 0.264 e. The number of nitrogens with zero attached hydrogens (tertiary/aromatic N) is 2. The van der Waals surface area contributed by atoms with E-state index in [0.29, 0.717) is 11.4 Å². The first-order valence-electron chi connectivity index (χ1n) is 9.92. The Kier molecular flexibility index (Phi) is 7.68. The molecule has 1 amide bonds. The summed E-state index contributed by atoms with van der Waals surface area (Å²) in [4.78, 5) is 12.9. The van der Waals surface area contributed by atoms with E-state index in [9.17, 15) is 13.2 Å². The Hall–Kier alpha value is -2.72. The van der Waals surface area contributed by atoms with E-state index >= 15 is 0 Å². The maximum atomic E-state index is 13.4. The quantitative estimate of drug-likeness (QED) is 0.259. The van der Waals surface area contributed by atoms with E-state index in [1.54, 1.807) is 43.3 Å². The van der Waals surface area contributed by atoms with Crippen molar-refractivity contribution in [1.82, 2.24) is 5.43 Å². The van der Waals surface area contributed by atoms with Crippen LogP contribution in [0.1, 0.15) is 23.6 Å². The summed E-state index contributed by atoms with van der Waals surface area (Å²) in [6.07, 6.45) is 0. The van der Waals surface area contributed by atoms with E-state index in [4.69, 9.17) is 0 Å². The number of hydrazone groups is 1. The fourth-order valence-electron chi connectivity index (χ4n) is 3.07. The molecule has 0 radical (unpaired) electrons. The van der Waals surface area contributed by atoms with Gasteiger partial charge < -0.3 is 0 Å². The van der Waals surface area contributed by atoms with Crippen molar-refractivity contribution in [3.05, 3.63) is 93.1 Å². The van der Waals surface area contributed by atoms with E-state index in [1.165, 1.54) is 0 Å². The van der Waals surface area contributed by atoms with E-state index in [2.05, 4.69) is 33.1 Å².